The number of halogens is 1. The zero-order valence-corrected chi connectivity index (χ0v) is 18.0. The van der Waals surface area contributed by atoms with Gasteiger partial charge in [-0.05, 0) is 49.9 Å². The minimum absolute atomic E-state index is 0.00586. The highest BCUT2D eigenvalue weighted by Crippen LogP contribution is 2.16. The molecule has 1 aromatic carbocycles. The molecule has 3 heterocycles. The number of fused-ring (bicyclic) bond motifs is 1. The number of nitrogens with zero attached hydrogens (tertiary/aromatic N) is 4. The van der Waals surface area contributed by atoms with Crippen molar-refractivity contribution in [1.82, 2.24) is 24.0 Å². The molecular formula is C20H26FN5O4S. The second-order valence-corrected chi connectivity index (χ2v) is 9.76. The molecule has 0 spiro atoms. The van der Waals surface area contributed by atoms with Gasteiger partial charge in [-0.3, -0.25) is 9.36 Å². The fraction of sp³-hybridized carbons (Fsp3) is 0.550. The van der Waals surface area contributed by atoms with E-state index in [0.717, 1.165) is 43.6 Å². The largest absolute Gasteiger partial charge is 0.346 e. The molecule has 0 aliphatic carbocycles. The van der Waals surface area contributed by atoms with Crippen molar-refractivity contribution in [2.24, 2.45) is 0 Å². The number of sulfonamides is 1. The van der Waals surface area contributed by atoms with Gasteiger partial charge in [0.15, 0.2) is 0 Å². The minimum Gasteiger partial charge on any atom is -0.341 e. The van der Waals surface area contributed by atoms with Crippen LogP contribution in [0.4, 0.5) is 4.39 Å². The van der Waals surface area contributed by atoms with Crippen LogP contribution < -0.4 is 10.4 Å². The van der Waals surface area contributed by atoms with Gasteiger partial charge in [0.2, 0.25) is 15.9 Å². The molecule has 4 rings (SSSR count). The lowest BCUT2D eigenvalue weighted by Gasteiger charge is -2.32. The summed E-state index contributed by atoms with van der Waals surface area (Å²) in [6.45, 7) is 1.31. The Hall–Kier alpha value is -2.53. The highest BCUT2D eigenvalue weighted by molar-refractivity contribution is 7.89. The summed E-state index contributed by atoms with van der Waals surface area (Å²) in [5.74, 6) is 0.0402. The van der Waals surface area contributed by atoms with Crippen LogP contribution in [-0.4, -0.2) is 52.7 Å². The van der Waals surface area contributed by atoms with Crippen LogP contribution in [-0.2, 0) is 34.3 Å². The van der Waals surface area contributed by atoms with Crippen molar-refractivity contribution in [1.29, 1.82) is 0 Å². The van der Waals surface area contributed by atoms with E-state index in [9.17, 15) is 22.4 Å². The van der Waals surface area contributed by atoms with Gasteiger partial charge in [-0.1, -0.05) is 6.42 Å². The van der Waals surface area contributed by atoms with E-state index in [1.54, 1.807) is 9.47 Å². The first kappa shape index (κ1) is 21.7. The first-order chi connectivity index (χ1) is 14.8. The average molecular weight is 452 g/mol. The quantitative estimate of drug-likeness (QED) is 0.726. The van der Waals surface area contributed by atoms with Crippen LogP contribution in [0.3, 0.4) is 0 Å². The van der Waals surface area contributed by atoms with Crippen LogP contribution in [0.2, 0.25) is 0 Å². The smallest absolute Gasteiger partial charge is 0.341 e. The van der Waals surface area contributed by atoms with Crippen LogP contribution in [0.25, 0.3) is 0 Å². The molecule has 0 bridgehead atoms. The molecule has 1 saturated heterocycles. The van der Waals surface area contributed by atoms with Crippen molar-refractivity contribution < 1.29 is 17.6 Å². The Morgan fingerprint density at radius 1 is 1.10 bits per heavy atom. The molecule has 11 heteroatoms. The third-order valence-corrected chi connectivity index (χ3v) is 7.40. The number of hydrogen-bond acceptors (Lipinski definition) is 5. The van der Waals surface area contributed by atoms with E-state index in [4.69, 9.17) is 0 Å². The molecule has 1 fully saturated rings. The molecule has 0 saturated carbocycles. The summed E-state index contributed by atoms with van der Waals surface area (Å²) in [6, 6.07) is 4.34. The zero-order valence-electron chi connectivity index (χ0n) is 17.2. The van der Waals surface area contributed by atoms with E-state index < -0.39 is 15.8 Å². The summed E-state index contributed by atoms with van der Waals surface area (Å²) in [6.07, 6.45) is 4.67. The number of piperidine rings is 1. The van der Waals surface area contributed by atoms with E-state index in [0.29, 0.717) is 32.5 Å². The lowest BCUT2D eigenvalue weighted by atomic mass is 10.1. The molecule has 168 valence electrons. The van der Waals surface area contributed by atoms with Crippen LogP contribution in [0.15, 0.2) is 34.0 Å². The van der Waals surface area contributed by atoms with Gasteiger partial charge in [-0.15, -0.1) is 0 Å². The number of carbonyl (C=O) groups is 1. The van der Waals surface area contributed by atoms with Crippen molar-refractivity contribution >= 4 is 15.9 Å². The number of nitrogens with one attached hydrogen (secondary N) is 1. The number of rotatable bonds is 5. The second kappa shape index (κ2) is 8.91. The van der Waals surface area contributed by atoms with Crippen LogP contribution in [0.1, 0.15) is 37.9 Å². The van der Waals surface area contributed by atoms with Crippen molar-refractivity contribution in [3.05, 3.63) is 46.4 Å². The molecular weight excluding hydrogens is 425 g/mol. The molecule has 0 radical (unpaired) electrons. The SMILES string of the molecule is O=C(Cn1nc2n(c1=O)CCCCC2)N1CCC(NS(=O)(=O)c2ccc(F)cc2)CC1. The van der Waals surface area contributed by atoms with Crippen LogP contribution in [0, 0.1) is 5.82 Å². The Morgan fingerprint density at radius 3 is 2.52 bits per heavy atom. The lowest BCUT2D eigenvalue weighted by molar-refractivity contribution is -0.133. The predicted octanol–water partition coefficient (Wildman–Crippen LogP) is 0.880. The molecule has 2 aromatic rings. The topological polar surface area (TPSA) is 106 Å². The first-order valence-electron chi connectivity index (χ1n) is 10.6. The standard InChI is InChI=1S/C20H26FN5O4S/c21-15-5-7-17(8-6-15)31(29,30)23-16-9-12-24(13-10-16)19(27)14-26-20(28)25-11-3-1-2-4-18(25)22-26/h5-8,16,23H,1-4,9-14H2. The highest BCUT2D eigenvalue weighted by atomic mass is 32.2. The van der Waals surface area contributed by atoms with Gasteiger partial charge in [0.05, 0.1) is 4.90 Å². The van der Waals surface area contributed by atoms with E-state index in [2.05, 4.69) is 9.82 Å². The Balaban J connectivity index is 1.33. The molecule has 1 aromatic heterocycles. The van der Waals surface area contributed by atoms with Gasteiger partial charge in [-0.25, -0.2) is 27.0 Å². The third kappa shape index (κ3) is 4.87. The fourth-order valence-electron chi connectivity index (χ4n) is 4.10. The van der Waals surface area contributed by atoms with Crippen LogP contribution in [0.5, 0.6) is 0 Å². The number of likely N-dealkylation sites (tertiary alicyclic amines) is 1. The fourth-order valence-corrected chi connectivity index (χ4v) is 5.41. The highest BCUT2D eigenvalue weighted by Gasteiger charge is 2.27. The van der Waals surface area contributed by atoms with Gasteiger partial charge in [0.25, 0.3) is 0 Å². The van der Waals surface area contributed by atoms with Crippen molar-refractivity contribution in [3.63, 3.8) is 0 Å². The summed E-state index contributed by atoms with van der Waals surface area (Å²) >= 11 is 0. The van der Waals surface area contributed by atoms with Gasteiger partial charge < -0.3 is 4.90 Å². The Morgan fingerprint density at radius 2 is 1.81 bits per heavy atom. The summed E-state index contributed by atoms with van der Waals surface area (Å²) < 4.78 is 43.5. The summed E-state index contributed by atoms with van der Waals surface area (Å²) in [5, 5.41) is 4.35. The second-order valence-electron chi connectivity index (χ2n) is 8.05. The number of carbonyl (C=O) groups excluding carboxylic acids is 1. The number of benzene rings is 1. The maximum Gasteiger partial charge on any atom is 0.346 e. The Bertz CT molecular complexity index is 1100. The minimum atomic E-state index is -3.75. The van der Waals surface area contributed by atoms with Crippen molar-refractivity contribution in [2.75, 3.05) is 13.1 Å². The molecule has 0 atom stereocenters. The van der Waals surface area contributed by atoms with Crippen LogP contribution >= 0.6 is 0 Å². The molecule has 1 N–H and O–H groups in total. The molecule has 9 nitrogen and oxygen atoms in total. The van der Waals surface area contributed by atoms with Gasteiger partial charge in [0, 0.05) is 32.1 Å². The van der Waals surface area contributed by atoms with Gasteiger partial charge >= 0.3 is 5.69 Å². The normalized spacial score (nSPS) is 17.9. The van der Waals surface area contributed by atoms with E-state index in [1.165, 1.54) is 16.8 Å². The average Bonchev–Trinajstić information content (AvgIpc) is 2.90. The maximum atomic E-state index is 13.0. The summed E-state index contributed by atoms with van der Waals surface area (Å²) in [7, 11) is -3.75. The Kier molecular flexibility index (Phi) is 6.24. The maximum absolute atomic E-state index is 13.0. The predicted molar refractivity (Wildman–Crippen MR) is 110 cm³/mol. The number of aromatic nitrogens is 3. The number of amides is 1. The zero-order chi connectivity index (χ0) is 22.0. The molecule has 2 aliphatic rings. The summed E-state index contributed by atoms with van der Waals surface area (Å²) in [4.78, 5) is 26.9. The summed E-state index contributed by atoms with van der Waals surface area (Å²) in [5.41, 5.74) is -0.243. The van der Waals surface area contributed by atoms with E-state index >= 15 is 0 Å². The van der Waals surface area contributed by atoms with Crippen molar-refractivity contribution in [3.8, 4) is 0 Å². The van der Waals surface area contributed by atoms with Gasteiger partial charge in [0.1, 0.15) is 18.2 Å². The number of aryl methyl sites for hydroxylation is 1. The lowest BCUT2D eigenvalue weighted by Crippen LogP contribution is -2.47. The molecule has 31 heavy (non-hydrogen) atoms. The molecule has 2 aliphatic heterocycles. The van der Waals surface area contributed by atoms with Crippen molar-refractivity contribution in [2.45, 2.75) is 62.6 Å². The molecule has 0 unspecified atom stereocenters. The third-order valence-electron chi connectivity index (χ3n) is 5.86. The number of hydrogen-bond donors (Lipinski definition) is 1. The van der Waals surface area contributed by atoms with E-state index in [-0.39, 0.29) is 29.1 Å². The monoisotopic (exact) mass is 451 g/mol. The first-order valence-corrected chi connectivity index (χ1v) is 12.0. The van der Waals surface area contributed by atoms with Gasteiger partial charge in [-0.2, -0.15) is 5.10 Å². The van der Waals surface area contributed by atoms with E-state index in [1.807, 2.05) is 0 Å². The Labute approximate surface area is 179 Å². The molecule has 1 amide bonds.